The molecule has 1 saturated carbocycles. The smallest absolute Gasteiger partial charge is 0.395 e. The molecule has 2 aromatic carbocycles. The zero-order valence-electron chi connectivity index (χ0n) is 35.3. The quantitative estimate of drug-likeness (QED) is 0.405. The number of hydrogen-bond acceptors (Lipinski definition) is 5. The zero-order chi connectivity index (χ0) is 40.8. The van der Waals surface area contributed by atoms with Crippen molar-refractivity contribution in [2.45, 2.75) is 76.0 Å². The van der Waals surface area contributed by atoms with Gasteiger partial charge in [-0.3, -0.25) is 4.79 Å². The van der Waals surface area contributed by atoms with E-state index in [0.717, 1.165) is 13.8 Å². The molecule has 3 aromatic rings. The minimum absolute atomic E-state index is 0.542. The predicted molar refractivity (Wildman–Crippen MR) is 131 cm³/mol. The van der Waals surface area contributed by atoms with Crippen molar-refractivity contribution in [3.63, 3.8) is 0 Å². The van der Waals surface area contributed by atoms with Crippen molar-refractivity contribution in [2.75, 3.05) is 6.61 Å². The highest BCUT2D eigenvalue weighted by Gasteiger charge is 2.52. The van der Waals surface area contributed by atoms with Gasteiger partial charge in [-0.1, -0.05) is 26.7 Å². The SMILES string of the molecule is [2H]c1c([2H])c(C2(C(=O)Cc3c(F)c([2H])c4c(c3[2H])c([2H])c(C(C)(C([2H])([2H])[2H])C([2H])([2H])C)n4C[C@]([2H])(O)CO)C([2H])([2H])C2([2H])[2H])c([2H])c2c1OC(F)(F)O2. The van der Waals surface area contributed by atoms with Gasteiger partial charge in [0.25, 0.3) is 0 Å². The van der Waals surface area contributed by atoms with E-state index in [1.807, 2.05) is 0 Å². The van der Waals surface area contributed by atoms with Crippen molar-refractivity contribution in [3.05, 3.63) is 58.9 Å². The summed E-state index contributed by atoms with van der Waals surface area (Å²) in [6, 6.07) is -7.37. The number of benzene rings is 2. The molecule has 5 rings (SSSR count). The summed E-state index contributed by atoms with van der Waals surface area (Å²) < 4.78 is 188. The molecule has 2 aliphatic rings. The lowest BCUT2D eigenvalue weighted by Crippen LogP contribution is -2.26. The van der Waals surface area contributed by atoms with Gasteiger partial charge in [0, 0.05) is 35.3 Å². The van der Waals surface area contributed by atoms with Crippen LogP contribution in [0.25, 0.3) is 10.9 Å². The highest BCUT2D eigenvalue weighted by Crippen LogP contribution is 2.52. The fourth-order valence-electron chi connectivity index (χ4n) is 3.85. The van der Waals surface area contributed by atoms with Crippen LogP contribution < -0.4 is 9.47 Å². The molecule has 9 heteroatoms. The lowest BCUT2D eigenvalue weighted by atomic mass is 9.86. The van der Waals surface area contributed by atoms with Crippen molar-refractivity contribution in [1.82, 2.24) is 4.57 Å². The molecular formula is C28H30F3NO5. The zero-order valence-corrected chi connectivity index (χ0v) is 19.3. The third kappa shape index (κ3) is 4.48. The van der Waals surface area contributed by atoms with Gasteiger partial charge in [-0.15, -0.1) is 8.78 Å². The summed E-state index contributed by atoms with van der Waals surface area (Å²) in [4.78, 5) is 14.2. The Kier molecular flexibility index (Phi) is 3.00. The first-order valence-corrected chi connectivity index (χ1v) is 10.8. The first-order chi connectivity index (χ1) is 23.7. The van der Waals surface area contributed by atoms with E-state index in [1.165, 1.54) is 0 Å². The first kappa shape index (κ1) is 12.7. The van der Waals surface area contributed by atoms with Crippen molar-refractivity contribution in [3.8, 4) is 11.5 Å². The van der Waals surface area contributed by atoms with Crippen molar-refractivity contribution in [1.29, 1.82) is 0 Å². The Bertz CT molecular complexity index is 2070. The second-order valence-electron chi connectivity index (χ2n) is 8.60. The number of aliphatic hydroxyl groups is 2. The number of fused-ring (bicyclic) bond motifs is 2. The Morgan fingerprint density at radius 1 is 1.32 bits per heavy atom. The van der Waals surface area contributed by atoms with Gasteiger partial charge in [0.05, 0.1) is 39.8 Å². The van der Waals surface area contributed by atoms with E-state index >= 15 is 4.39 Å². The lowest BCUT2D eigenvalue weighted by molar-refractivity contribution is -0.286. The van der Waals surface area contributed by atoms with Crippen LogP contribution in [0.3, 0.4) is 0 Å². The molecule has 2 heterocycles. The van der Waals surface area contributed by atoms with E-state index in [0.29, 0.717) is 4.57 Å². The van der Waals surface area contributed by atoms with Gasteiger partial charge < -0.3 is 24.3 Å². The van der Waals surface area contributed by atoms with Gasteiger partial charge in [-0.25, -0.2) is 4.39 Å². The number of alkyl halides is 2. The fourth-order valence-corrected chi connectivity index (χ4v) is 3.85. The van der Waals surface area contributed by atoms with Crippen molar-refractivity contribution >= 4 is 16.7 Å². The van der Waals surface area contributed by atoms with Crippen LogP contribution in [0.1, 0.15) is 78.6 Å². The van der Waals surface area contributed by atoms with E-state index in [1.54, 1.807) is 0 Å². The fraction of sp³-hybridized carbons (Fsp3) is 0.464. The Morgan fingerprint density at radius 3 is 2.70 bits per heavy atom. The van der Waals surface area contributed by atoms with E-state index < -0.39 is 156 Å². The van der Waals surface area contributed by atoms with Crippen LogP contribution in [0, 0.1) is 5.82 Å². The summed E-state index contributed by atoms with van der Waals surface area (Å²) in [6.07, 6.45) is -18.5. The van der Waals surface area contributed by atoms with Gasteiger partial charge in [0.2, 0.25) is 0 Å². The minimum atomic E-state index is -4.47. The molecule has 0 saturated heterocycles. The van der Waals surface area contributed by atoms with Gasteiger partial charge >= 0.3 is 6.29 Å². The topological polar surface area (TPSA) is 80.9 Å². The van der Waals surface area contributed by atoms with Gasteiger partial charge in [0.15, 0.2) is 11.5 Å². The normalized spacial score (nSPS) is 30.1. The van der Waals surface area contributed by atoms with Crippen LogP contribution in [-0.4, -0.2) is 39.5 Å². The number of carbonyl (C=O) groups excluding carboxylic acids is 1. The molecule has 37 heavy (non-hydrogen) atoms. The molecule has 0 amide bonds. The molecule has 0 radical (unpaired) electrons. The Morgan fingerprint density at radius 2 is 2.05 bits per heavy atom. The summed E-state index contributed by atoms with van der Waals surface area (Å²) in [6.45, 7) is -4.21. The maximum Gasteiger partial charge on any atom is 0.586 e. The van der Waals surface area contributed by atoms with Crippen molar-refractivity contribution < 1.29 is 59.6 Å². The molecule has 2 N–H and O–H groups in total. The van der Waals surface area contributed by atoms with E-state index in [9.17, 15) is 23.8 Å². The van der Waals surface area contributed by atoms with Crippen LogP contribution in [-0.2, 0) is 28.6 Å². The number of ether oxygens (including phenoxy) is 2. The summed E-state index contributed by atoms with van der Waals surface area (Å²) in [7, 11) is 0. The summed E-state index contributed by atoms with van der Waals surface area (Å²) in [5.74, 6) is -5.84. The molecule has 0 bridgehead atoms. The Balaban J connectivity index is 1.82. The average molecular weight is 534 g/mol. The first-order valence-electron chi connectivity index (χ1n) is 18.8. The lowest BCUT2D eigenvalue weighted by Gasteiger charge is -2.26. The molecule has 198 valence electrons. The van der Waals surface area contributed by atoms with Gasteiger partial charge in [-0.2, -0.15) is 0 Å². The maximum absolute atomic E-state index is 16.3. The van der Waals surface area contributed by atoms with E-state index in [-0.39, 0.29) is 0 Å². The number of carbonyl (C=O) groups is 1. The molecule has 1 aliphatic carbocycles. The molecule has 1 fully saturated rings. The summed E-state index contributed by atoms with van der Waals surface area (Å²) in [5, 5.41) is 19.3. The van der Waals surface area contributed by atoms with Gasteiger partial charge in [-0.05, 0) is 60.5 Å². The van der Waals surface area contributed by atoms with Crippen LogP contribution in [0.5, 0.6) is 11.5 Å². The molecule has 6 nitrogen and oxygen atoms in total. The Labute approximate surface area is 235 Å². The van der Waals surface area contributed by atoms with Crippen molar-refractivity contribution in [2.24, 2.45) is 0 Å². The monoisotopic (exact) mass is 533 g/mol. The maximum atomic E-state index is 16.3. The summed E-state index contributed by atoms with van der Waals surface area (Å²) >= 11 is 0. The number of nitrogens with zero attached hydrogens (tertiary/aromatic N) is 1. The highest BCUT2D eigenvalue weighted by molar-refractivity contribution is 5.95. The summed E-state index contributed by atoms with van der Waals surface area (Å²) in [5.41, 5.74) is -10.2. The second-order valence-corrected chi connectivity index (χ2v) is 8.60. The van der Waals surface area contributed by atoms with E-state index in [2.05, 4.69) is 9.47 Å². The number of ketones is 1. The number of Topliss-reactive ketones (excluding diaryl/α,β-unsaturated/α-hetero) is 1. The Hall–Kier alpha value is -3.04. The third-order valence-electron chi connectivity index (χ3n) is 5.98. The van der Waals surface area contributed by atoms with Crippen LogP contribution in [0.2, 0.25) is 0 Å². The highest BCUT2D eigenvalue weighted by atomic mass is 19.3. The minimum Gasteiger partial charge on any atom is -0.395 e. The van der Waals surface area contributed by atoms with Crippen LogP contribution in [0.15, 0.2) is 36.3 Å². The molecular weight excluding hydrogens is 487 g/mol. The molecule has 1 unspecified atom stereocenters. The van der Waals surface area contributed by atoms with E-state index in [4.69, 9.17) is 21.9 Å². The predicted octanol–water partition coefficient (Wildman–Crippen LogP) is 4.99. The molecule has 2 atom stereocenters. The number of rotatable bonds is 9. The molecule has 1 aliphatic heterocycles. The largest absolute Gasteiger partial charge is 0.586 e. The number of halogens is 3. The molecule has 0 spiro atoms. The second kappa shape index (κ2) is 8.77. The van der Waals surface area contributed by atoms with Gasteiger partial charge in [0.1, 0.15) is 11.6 Å². The third-order valence-corrected chi connectivity index (χ3v) is 5.98. The number of aromatic nitrogens is 1. The van der Waals surface area contributed by atoms with Crippen LogP contribution in [0.4, 0.5) is 13.2 Å². The molecule has 1 aromatic heterocycles. The number of aliphatic hydroxyl groups excluding tert-OH is 1. The average Bonchev–Trinajstić information content (AvgIpc) is 3.28. The number of hydrogen-bond donors (Lipinski definition) is 2. The van der Waals surface area contributed by atoms with Crippen LogP contribution >= 0.6 is 0 Å². The standard InChI is InChI=1S/C28H30F3NO5/c1-4-26(2,3)24-10-17-9-16(20(29)13-21(17)32(24)14-19(34)15-33)11-25(35)27(7-8-27)18-5-6-22-23(12-18)37-28(30,31)36-22/h5-6,9-10,12-13,19,33-34H,4,7-8,11,14-15H2,1-3H3/t19-/m0/s1/i2D3,4D2,5D,6D,7D2,8D2,9D,10D,12D,13D,19D/t19-,26?.